The molecule has 0 bridgehead atoms. The van der Waals surface area contributed by atoms with E-state index in [0.717, 1.165) is 12.8 Å². The number of hydrogen-bond acceptors (Lipinski definition) is 3. The zero-order valence-corrected chi connectivity index (χ0v) is 10.2. The van der Waals surface area contributed by atoms with Gasteiger partial charge in [0.1, 0.15) is 0 Å². The summed E-state index contributed by atoms with van der Waals surface area (Å²) in [6.45, 7) is 8.03. The van der Waals surface area contributed by atoms with Crippen molar-refractivity contribution in [3.63, 3.8) is 0 Å². The monoisotopic (exact) mass is 216 g/mol. The summed E-state index contributed by atoms with van der Waals surface area (Å²) < 4.78 is 0. The van der Waals surface area contributed by atoms with Crippen LogP contribution >= 0.6 is 0 Å². The maximum absolute atomic E-state index is 11.6. The standard InChI is InChI=1S/C11H24N2O2/c1-5-6-8(2)13-11(15)10(4)12-7-9(3)14/h8-10,12,14H,5-7H2,1-4H3,(H,13,15). The van der Waals surface area contributed by atoms with Crippen LogP contribution in [0.5, 0.6) is 0 Å². The van der Waals surface area contributed by atoms with E-state index in [0.29, 0.717) is 6.54 Å². The molecule has 1 amide bonds. The minimum atomic E-state index is -0.423. The van der Waals surface area contributed by atoms with E-state index in [-0.39, 0.29) is 18.0 Å². The number of hydrogen-bond donors (Lipinski definition) is 3. The van der Waals surface area contributed by atoms with Gasteiger partial charge in [-0.3, -0.25) is 4.79 Å². The summed E-state index contributed by atoms with van der Waals surface area (Å²) in [5.41, 5.74) is 0. The van der Waals surface area contributed by atoms with E-state index >= 15 is 0 Å². The molecule has 4 heteroatoms. The van der Waals surface area contributed by atoms with Gasteiger partial charge in [0.15, 0.2) is 0 Å². The maximum Gasteiger partial charge on any atom is 0.237 e. The average molecular weight is 216 g/mol. The van der Waals surface area contributed by atoms with Crippen LogP contribution in [0.1, 0.15) is 40.5 Å². The molecule has 0 aliphatic rings. The molecule has 0 aliphatic carbocycles. The molecule has 3 N–H and O–H groups in total. The lowest BCUT2D eigenvalue weighted by Gasteiger charge is -2.18. The van der Waals surface area contributed by atoms with Gasteiger partial charge >= 0.3 is 0 Å². The summed E-state index contributed by atoms with van der Waals surface area (Å²) >= 11 is 0. The van der Waals surface area contributed by atoms with E-state index in [1.54, 1.807) is 13.8 Å². The minimum Gasteiger partial charge on any atom is -0.392 e. The van der Waals surface area contributed by atoms with E-state index in [1.807, 2.05) is 6.92 Å². The van der Waals surface area contributed by atoms with Gasteiger partial charge in [-0.25, -0.2) is 0 Å². The largest absolute Gasteiger partial charge is 0.392 e. The molecule has 3 atom stereocenters. The number of amides is 1. The highest BCUT2D eigenvalue weighted by Gasteiger charge is 2.14. The molecule has 0 rings (SSSR count). The Labute approximate surface area is 92.4 Å². The molecule has 0 heterocycles. The first kappa shape index (κ1) is 14.4. The molecule has 0 aromatic rings. The molecule has 0 radical (unpaired) electrons. The van der Waals surface area contributed by atoms with E-state index in [1.165, 1.54) is 0 Å². The van der Waals surface area contributed by atoms with Gasteiger partial charge in [0.2, 0.25) is 5.91 Å². The maximum atomic E-state index is 11.6. The number of nitrogens with one attached hydrogen (secondary N) is 2. The fraction of sp³-hybridized carbons (Fsp3) is 0.909. The third-order valence-electron chi connectivity index (χ3n) is 2.22. The highest BCUT2D eigenvalue weighted by Crippen LogP contribution is 1.95. The summed E-state index contributed by atoms with van der Waals surface area (Å²) in [4.78, 5) is 11.6. The first-order chi connectivity index (χ1) is 6.97. The van der Waals surface area contributed by atoms with Crippen LogP contribution in [-0.2, 0) is 4.79 Å². The topological polar surface area (TPSA) is 61.4 Å². The van der Waals surface area contributed by atoms with Gasteiger partial charge in [-0.15, -0.1) is 0 Å². The lowest BCUT2D eigenvalue weighted by Crippen LogP contribution is -2.47. The van der Waals surface area contributed by atoms with Crippen LogP contribution in [-0.4, -0.2) is 35.7 Å². The number of carbonyl (C=O) groups excluding carboxylic acids is 1. The SMILES string of the molecule is CCCC(C)NC(=O)C(C)NCC(C)O. The highest BCUT2D eigenvalue weighted by atomic mass is 16.3. The molecule has 0 spiro atoms. The molecule has 0 fully saturated rings. The van der Waals surface area contributed by atoms with Crippen molar-refractivity contribution >= 4 is 5.91 Å². The smallest absolute Gasteiger partial charge is 0.237 e. The van der Waals surface area contributed by atoms with Crippen LogP contribution in [0.3, 0.4) is 0 Å². The minimum absolute atomic E-state index is 0.00315. The zero-order chi connectivity index (χ0) is 11.8. The Balaban J connectivity index is 3.78. The molecule has 0 aromatic carbocycles. The van der Waals surface area contributed by atoms with Crippen LogP contribution in [0.4, 0.5) is 0 Å². The fourth-order valence-corrected chi connectivity index (χ4v) is 1.31. The van der Waals surface area contributed by atoms with Crippen molar-refractivity contribution in [3.05, 3.63) is 0 Å². The van der Waals surface area contributed by atoms with E-state index < -0.39 is 6.10 Å². The van der Waals surface area contributed by atoms with Crippen molar-refractivity contribution in [2.75, 3.05) is 6.54 Å². The van der Waals surface area contributed by atoms with Crippen molar-refractivity contribution in [2.24, 2.45) is 0 Å². The predicted octanol–water partition coefficient (Wildman–Crippen LogP) is 0.650. The van der Waals surface area contributed by atoms with Gasteiger partial charge in [0, 0.05) is 12.6 Å². The Morgan fingerprint density at radius 3 is 2.40 bits per heavy atom. The van der Waals surface area contributed by atoms with Gasteiger partial charge in [-0.1, -0.05) is 13.3 Å². The summed E-state index contributed by atoms with van der Waals surface area (Å²) in [6, 6.07) is -0.0304. The molecule has 3 unspecified atom stereocenters. The van der Waals surface area contributed by atoms with Crippen molar-refractivity contribution in [2.45, 2.75) is 58.7 Å². The first-order valence-corrected chi connectivity index (χ1v) is 5.69. The van der Waals surface area contributed by atoms with E-state index in [2.05, 4.69) is 17.6 Å². The van der Waals surface area contributed by atoms with Gasteiger partial charge in [-0.05, 0) is 27.2 Å². The van der Waals surface area contributed by atoms with Gasteiger partial charge in [-0.2, -0.15) is 0 Å². The highest BCUT2D eigenvalue weighted by molar-refractivity contribution is 5.81. The summed E-state index contributed by atoms with van der Waals surface area (Å²) in [6.07, 6.45) is 1.64. The number of rotatable bonds is 7. The average Bonchev–Trinajstić information content (AvgIpc) is 2.14. The molecular formula is C11H24N2O2. The molecular weight excluding hydrogens is 192 g/mol. The third kappa shape index (κ3) is 7.33. The molecule has 90 valence electrons. The van der Waals surface area contributed by atoms with Crippen LogP contribution in [0.25, 0.3) is 0 Å². The van der Waals surface area contributed by atoms with Crippen molar-refractivity contribution < 1.29 is 9.90 Å². The summed E-state index contributed by atoms with van der Waals surface area (Å²) in [7, 11) is 0. The Kier molecular flexibility index (Phi) is 7.34. The second-order valence-corrected chi connectivity index (χ2v) is 4.18. The Morgan fingerprint density at radius 2 is 1.93 bits per heavy atom. The fourth-order valence-electron chi connectivity index (χ4n) is 1.31. The van der Waals surface area contributed by atoms with Crippen molar-refractivity contribution in [1.82, 2.24) is 10.6 Å². The number of carbonyl (C=O) groups is 1. The Hall–Kier alpha value is -0.610. The molecule has 0 aromatic heterocycles. The summed E-state index contributed by atoms with van der Waals surface area (Å²) in [5.74, 6) is -0.00315. The zero-order valence-electron chi connectivity index (χ0n) is 10.2. The van der Waals surface area contributed by atoms with E-state index in [4.69, 9.17) is 5.11 Å². The molecule has 0 aliphatic heterocycles. The second kappa shape index (κ2) is 7.65. The number of aliphatic hydroxyl groups excluding tert-OH is 1. The van der Waals surface area contributed by atoms with Crippen LogP contribution in [0.15, 0.2) is 0 Å². The third-order valence-corrected chi connectivity index (χ3v) is 2.22. The van der Waals surface area contributed by atoms with Crippen LogP contribution in [0, 0.1) is 0 Å². The summed E-state index contributed by atoms with van der Waals surface area (Å²) in [5, 5.41) is 14.9. The second-order valence-electron chi connectivity index (χ2n) is 4.18. The van der Waals surface area contributed by atoms with E-state index in [9.17, 15) is 4.79 Å². The Bertz CT molecular complexity index is 183. The van der Waals surface area contributed by atoms with Gasteiger partial charge < -0.3 is 15.7 Å². The van der Waals surface area contributed by atoms with Crippen molar-refractivity contribution in [1.29, 1.82) is 0 Å². The van der Waals surface area contributed by atoms with Crippen LogP contribution < -0.4 is 10.6 Å². The molecule has 0 saturated heterocycles. The predicted molar refractivity (Wildman–Crippen MR) is 61.7 cm³/mol. The quantitative estimate of drug-likeness (QED) is 0.585. The number of aliphatic hydroxyl groups is 1. The first-order valence-electron chi connectivity index (χ1n) is 5.69. The van der Waals surface area contributed by atoms with Gasteiger partial charge in [0.25, 0.3) is 0 Å². The normalized spacial score (nSPS) is 16.9. The lowest BCUT2D eigenvalue weighted by molar-refractivity contribution is -0.123. The molecule has 4 nitrogen and oxygen atoms in total. The Morgan fingerprint density at radius 1 is 1.33 bits per heavy atom. The molecule has 0 saturated carbocycles. The van der Waals surface area contributed by atoms with Crippen molar-refractivity contribution in [3.8, 4) is 0 Å². The van der Waals surface area contributed by atoms with Crippen LogP contribution in [0.2, 0.25) is 0 Å². The molecule has 15 heavy (non-hydrogen) atoms. The lowest BCUT2D eigenvalue weighted by atomic mass is 10.2. The van der Waals surface area contributed by atoms with Gasteiger partial charge in [0.05, 0.1) is 12.1 Å².